The fourth-order valence-electron chi connectivity index (χ4n) is 1.39. The normalized spacial score (nSPS) is 9.95. The topological polar surface area (TPSA) is 91.8 Å². The van der Waals surface area contributed by atoms with E-state index in [-0.39, 0.29) is 5.91 Å². The summed E-state index contributed by atoms with van der Waals surface area (Å²) in [7, 11) is 0. The number of thiazole rings is 1. The van der Waals surface area contributed by atoms with Crippen LogP contribution in [0.4, 0.5) is 5.69 Å². The molecule has 19 heavy (non-hydrogen) atoms. The number of nitrogens with one attached hydrogen (secondary N) is 1. The van der Waals surface area contributed by atoms with Crippen LogP contribution in [0.5, 0.6) is 0 Å². The average Bonchev–Trinajstić information content (AvgIpc) is 2.90. The quantitative estimate of drug-likeness (QED) is 0.908. The van der Waals surface area contributed by atoms with Crippen LogP contribution in [0.1, 0.15) is 21.1 Å². The summed E-state index contributed by atoms with van der Waals surface area (Å²) in [5.41, 5.74) is 6.54. The van der Waals surface area contributed by atoms with Gasteiger partial charge in [0.15, 0.2) is 0 Å². The predicted octanol–water partition coefficient (Wildman–Crippen LogP) is 2.38. The summed E-state index contributed by atoms with van der Waals surface area (Å²) in [6.45, 7) is 0.303. The molecule has 0 radical (unpaired) electrons. The van der Waals surface area contributed by atoms with E-state index in [1.807, 2.05) is 6.07 Å². The van der Waals surface area contributed by atoms with Gasteiger partial charge in [0.25, 0.3) is 5.91 Å². The summed E-state index contributed by atoms with van der Waals surface area (Å²) in [6.07, 6.45) is 0. The Morgan fingerprint density at radius 2 is 2.37 bits per heavy atom. The Kier molecular flexibility index (Phi) is 4.12. The first kappa shape index (κ1) is 13.5. The summed E-state index contributed by atoms with van der Waals surface area (Å²) in [6, 6.07) is 6.64. The average molecular weight is 293 g/mol. The van der Waals surface area contributed by atoms with Crippen LogP contribution in [0.2, 0.25) is 5.02 Å². The van der Waals surface area contributed by atoms with Crippen molar-refractivity contribution in [1.82, 2.24) is 4.98 Å². The van der Waals surface area contributed by atoms with Gasteiger partial charge in [0, 0.05) is 17.6 Å². The highest BCUT2D eigenvalue weighted by atomic mass is 35.5. The summed E-state index contributed by atoms with van der Waals surface area (Å²) in [5.74, 6) is -0.345. The van der Waals surface area contributed by atoms with Gasteiger partial charge in [-0.25, -0.2) is 4.98 Å². The van der Waals surface area contributed by atoms with Gasteiger partial charge in [-0.05, 0) is 18.2 Å². The van der Waals surface area contributed by atoms with Crippen LogP contribution >= 0.6 is 22.9 Å². The zero-order chi connectivity index (χ0) is 13.8. The number of carbonyl (C=O) groups is 1. The number of amides is 1. The molecule has 1 aromatic heterocycles. The maximum atomic E-state index is 11.9. The summed E-state index contributed by atoms with van der Waals surface area (Å²) in [4.78, 5) is 16.0. The second-order valence-corrected chi connectivity index (χ2v) is 4.94. The Bertz CT molecular complexity index is 662. The van der Waals surface area contributed by atoms with Gasteiger partial charge in [-0.3, -0.25) is 4.79 Å². The smallest absolute Gasteiger partial charge is 0.275 e. The number of rotatable bonds is 3. The molecule has 0 saturated heterocycles. The van der Waals surface area contributed by atoms with Crippen LogP contribution in [-0.2, 0) is 6.54 Å². The molecule has 3 N–H and O–H groups in total. The molecule has 0 saturated carbocycles. The van der Waals surface area contributed by atoms with Crippen molar-refractivity contribution in [2.24, 2.45) is 5.73 Å². The molecule has 1 aromatic carbocycles. The van der Waals surface area contributed by atoms with Gasteiger partial charge in [0.05, 0.1) is 10.6 Å². The minimum atomic E-state index is -0.345. The minimum Gasteiger partial charge on any atom is -0.325 e. The monoisotopic (exact) mass is 292 g/mol. The molecule has 0 aliphatic carbocycles. The molecule has 7 heteroatoms. The molecule has 96 valence electrons. The van der Waals surface area contributed by atoms with Crippen molar-refractivity contribution in [3.8, 4) is 6.07 Å². The molecule has 5 nitrogen and oxygen atoms in total. The van der Waals surface area contributed by atoms with Gasteiger partial charge in [0.1, 0.15) is 16.8 Å². The maximum Gasteiger partial charge on any atom is 0.275 e. The zero-order valence-corrected chi connectivity index (χ0v) is 11.3. The van der Waals surface area contributed by atoms with Crippen LogP contribution in [0.3, 0.4) is 0 Å². The molecular formula is C12H9ClN4OS. The number of hydrogen-bond donors (Lipinski definition) is 2. The third kappa shape index (κ3) is 3.09. The van der Waals surface area contributed by atoms with E-state index in [0.29, 0.717) is 33.5 Å². The van der Waals surface area contributed by atoms with Gasteiger partial charge in [0.2, 0.25) is 0 Å². The third-order valence-corrected chi connectivity index (χ3v) is 3.50. The lowest BCUT2D eigenvalue weighted by Crippen LogP contribution is -2.12. The highest BCUT2D eigenvalue weighted by molar-refractivity contribution is 7.09. The number of benzene rings is 1. The Morgan fingerprint density at radius 3 is 3.00 bits per heavy atom. The van der Waals surface area contributed by atoms with Crippen LogP contribution in [0.25, 0.3) is 0 Å². The van der Waals surface area contributed by atoms with E-state index in [9.17, 15) is 4.79 Å². The molecule has 1 heterocycles. The van der Waals surface area contributed by atoms with Crippen LogP contribution in [0, 0.1) is 11.3 Å². The third-order valence-electron chi connectivity index (χ3n) is 2.30. The molecule has 2 aromatic rings. The number of aromatic nitrogens is 1. The number of nitrogens with zero attached hydrogens (tertiary/aromatic N) is 2. The minimum absolute atomic E-state index is 0.303. The van der Waals surface area contributed by atoms with E-state index >= 15 is 0 Å². The van der Waals surface area contributed by atoms with Crippen LogP contribution in [0.15, 0.2) is 23.6 Å². The molecule has 0 spiro atoms. The number of carbonyl (C=O) groups excluding carboxylic acids is 1. The van der Waals surface area contributed by atoms with E-state index in [1.165, 1.54) is 17.4 Å². The number of halogens is 1. The fourth-order valence-corrected chi connectivity index (χ4v) is 2.21. The molecule has 2 rings (SSSR count). The highest BCUT2D eigenvalue weighted by Crippen LogP contribution is 2.20. The van der Waals surface area contributed by atoms with E-state index < -0.39 is 0 Å². The largest absolute Gasteiger partial charge is 0.325 e. The van der Waals surface area contributed by atoms with Crippen molar-refractivity contribution in [2.45, 2.75) is 6.54 Å². The molecule has 0 atom stereocenters. The number of nitriles is 1. The fraction of sp³-hybridized carbons (Fsp3) is 0.0833. The Labute approximate surface area is 118 Å². The van der Waals surface area contributed by atoms with Crippen molar-refractivity contribution in [1.29, 1.82) is 5.26 Å². The van der Waals surface area contributed by atoms with E-state index in [2.05, 4.69) is 10.3 Å². The molecule has 0 unspecified atom stereocenters. The van der Waals surface area contributed by atoms with Gasteiger partial charge in [-0.1, -0.05) is 11.6 Å². The van der Waals surface area contributed by atoms with E-state index in [0.717, 1.165) is 0 Å². The molecule has 1 amide bonds. The Balaban J connectivity index is 2.17. The Morgan fingerprint density at radius 1 is 1.58 bits per heavy atom. The number of hydrogen-bond acceptors (Lipinski definition) is 5. The first-order valence-electron chi connectivity index (χ1n) is 5.29. The first-order valence-corrected chi connectivity index (χ1v) is 6.55. The van der Waals surface area contributed by atoms with Gasteiger partial charge in [-0.15, -0.1) is 11.3 Å². The van der Waals surface area contributed by atoms with E-state index in [4.69, 9.17) is 22.6 Å². The lowest BCUT2D eigenvalue weighted by Gasteiger charge is -2.04. The van der Waals surface area contributed by atoms with Gasteiger partial charge < -0.3 is 11.1 Å². The lowest BCUT2D eigenvalue weighted by molar-refractivity contribution is 0.102. The second-order valence-electron chi connectivity index (χ2n) is 3.59. The maximum absolute atomic E-state index is 11.9. The standard InChI is InChI=1S/C12H9ClN4OS/c13-9-2-1-8(3-7(9)4-14)16-12(18)10-6-19-11(5-15)17-10/h1-3,6H,5,15H2,(H,16,18). The van der Waals surface area contributed by atoms with Crippen molar-refractivity contribution in [3.05, 3.63) is 44.9 Å². The second kappa shape index (κ2) is 5.80. The first-order chi connectivity index (χ1) is 9.13. The summed E-state index contributed by atoms with van der Waals surface area (Å²) >= 11 is 7.14. The van der Waals surface area contributed by atoms with Crippen molar-refractivity contribution in [2.75, 3.05) is 5.32 Å². The van der Waals surface area contributed by atoms with Crippen molar-refractivity contribution >= 4 is 34.5 Å². The van der Waals surface area contributed by atoms with Crippen LogP contribution in [-0.4, -0.2) is 10.9 Å². The highest BCUT2D eigenvalue weighted by Gasteiger charge is 2.11. The molecule has 0 fully saturated rings. The van der Waals surface area contributed by atoms with Gasteiger partial charge in [-0.2, -0.15) is 5.26 Å². The molecule has 0 aliphatic rings. The predicted molar refractivity (Wildman–Crippen MR) is 74.1 cm³/mol. The van der Waals surface area contributed by atoms with Crippen molar-refractivity contribution < 1.29 is 4.79 Å². The molecular weight excluding hydrogens is 284 g/mol. The summed E-state index contributed by atoms with van der Waals surface area (Å²) in [5, 5.41) is 14.2. The zero-order valence-electron chi connectivity index (χ0n) is 9.68. The summed E-state index contributed by atoms with van der Waals surface area (Å²) < 4.78 is 0. The van der Waals surface area contributed by atoms with Crippen LogP contribution < -0.4 is 11.1 Å². The van der Waals surface area contributed by atoms with Crippen molar-refractivity contribution in [3.63, 3.8) is 0 Å². The number of anilines is 1. The lowest BCUT2D eigenvalue weighted by atomic mass is 10.2. The molecule has 0 aliphatic heterocycles. The molecule has 0 bridgehead atoms. The van der Waals surface area contributed by atoms with Gasteiger partial charge >= 0.3 is 0 Å². The SMILES string of the molecule is N#Cc1cc(NC(=O)c2csc(CN)n2)ccc1Cl. The van der Waals surface area contributed by atoms with E-state index in [1.54, 1.807) is 17.5 Å². The number of nitrogens with two attached hydrogens (primary N) is 1. The Hall–Kier alpha value is -1.94.